The van der Waals surface area contributed by atoms with Crippen LogP contribution in [0.1, 0.15) is 44.4 Å². The van der Waals surface area contributed by atoms with Crippen molar-refractivity contribution in [3.05, 3.63) is 65.2 Å². The van der Waals surface area contributed by atoms with Crippen molar-refractivity contribution < 1.29 is 4.74 Å². The predicted molar refractivity (Wildman–Crippen MR) is 127 cm³/mol. The van der Waals surface area contributed by atoms with Crippen molar-refractivity contribution in [2.24, 2.45) is 11.8 Å². The molecule has 152 valence electrons. The van der Waals surface area contributed by atoms with Crippen molar-refractivity contribution in [3.8, 4) is 22.8 Å². The van der Waals surface area contributed by atoms with E-state index in [9.17, 15) is 0 Å². The van der Waals surface area contributed by atoms with Gasteiger partial charge in [-0.15, -0.1) is 0 Å². The zero-order valence-corrected chi connectivity index (χ0v) is 18.5. The molecule has 0 amide bonds. The van der Waals surface area contributed by atoms with Gasteiger partial charge >= 0.3 is 0 Å². The van der Waals surface area contributed by atoms with Gasteiger partial charge in [-0.1, -0.05) is 52.0 Å². The molecule has 0 unspecified atom stereocenters. The van der Waals surface area contributed by atoms with Crippen molar-refractivity contribution in [3.63, 3.8) is 0 Å². The van der Waals surface area contributed by atoms with Gasteiger partial charge in [-0.2, -0.15) is 0 Å². The molecule has 5 rings (SSSR count). The molecule has 1 aliphatic rings. The second-order valence-electron chi connectivity index (χ2n) is 9.62. The van der Waals surface area contributed by atoms with Crippen LogP contribution in [-0.4, -0.2) is 4.98 Å². The molecular formula is C28H29NO. The molecule has 0 saturated carbocycles. The average Bonchev–Trinajstić information content (AvgIpc) is 2.66. The topological polar surface area (TPSA) is 22.1 Å². The Kier molecular flexibility index (Phi) is 4.54. The standard InChI is InChI=1S/C28H29NO/c1-16(2)9-19-13-21-11-18(5)12-23-27(21)25(14-19)30-26-15-22-20(10-17(3)4)7-6-8-24(22)29-28(23)26/h6-8,11-17H,9-10H2,1-5H3. The van der Waals surface area contributed by atoms with Gasteiger partial charge in [-0.05, 0) is 77.9 Å². The van der Waals surface area contributed by atoms with Crippen molar-refractivity contribution >= 4 is 21.7 Å². The fraction of sp³-hybridized carbons (Fsp3) is 0.321. The van der Waals surface area contributed by atoms with Gasteiger partial charge in [0, 0.05) is 16.3 Å². The normalized spacial score (nSPS) is 12.6. The van der Waals surface area contributed by atoms with E-state index in [1.807, 2.05) is 0 Å². The molecule has 0 radical (unpaired) electrons. The molecule has 4 aromatic rings. The molecule has 0 fully saturated rings. The lowest BCUT2D eigenvalue weighted by molar-refractivity contribution is 0.484. The van der Waals surface area contributed by atoms with E-state index < -0.39 is 0 Å². The van der Waals surface area contributed by atoms with Crippen LogP contribution in [0.25, 0.3) is 32.9 Å². The Bertz CT molecular complexity index is 1280. The highest BCUT2D eigenvalue weighted by molar-refractivity contribution is 6.05. The summed E-state index contributed by atoms with van der Waals surface area (Å²) in [4.78, 5) is 5.09. The van der Waals surface area contributed by atoms with Gasteiger partial charge in [-0.3, -0.25) is 0 Å². The Balaban J connectivity index is 1.76. The third-order valence-corrected chi connectivity index (χ3v) is 5.88. The summed E-state index contributed by atoms with van der Waals surface area (Å²) in [7, 11) is 0. The second kappa shape index (κ2) is 7.12. The monoisotopic (exact) mass is 395 g/mol. The first-order chi connectivity index (χ1) is 14.4. The van der Waals surface area contributed by atoms with Gasteiger partial charge in [0.05, 0.1) is 5.52 Å². The molecule has 1 aliphatic heterocycles. The molecular weight excluding hydrogens is 366 g/mol. The average molecular weight is 396 g/mol. The Morgan fingerprint density at radius 3 is 2.43 bits per heavy atom. The molecule has 0 saturated heterocycles. The highest BCUT2D eigenvalue weighted by atomic mass is 16.5. The summed E-state index contributed by atoms with van der Waals surface area (Å²) in [5.41, 5.74) is 7.13. The Labute approximate surface area is 178 Å². The van der Waals surface area contributed by atoms with Gasteiger partial charge in [0.25, 0.3) is 0 Å². The van der Waals surface area contributed by atoms with E-state index in [0.717, 1.165) is 35.6 Å². The molecule has 0 aliphatic carbocycles. The SMILES string of the molecule is Cc1cc2c3c(cc(CC(C)C)cc3c1)Oc1cc3c(CC(C)C)cccc3nc1-2. The summed E-state index contributed by atoms with van der Waals surface area (Å²) in [6.45, 7) is 11.2. The van der Waals surface area contributed by atoms with Gasteiger partial charge < -0.3 is 4.74 Å². The quantitative estimate of drug-likeness (QED) is 0.309. The highest BCUT2D eigenvalue weighted by Crippen LogP contribution is 2.47. The molecule has 2 nitrogen and oxygen atoms in total. The van der Waals surface area contributed by atoms with Crippen molar-refractivity contribution in [2.45, 2.75) is 47.5 Å². The Morgan fingerprint density at radius 2 is 1.67 bits per heavy atom. The molecule has 30 heavy (non-hydrogen) atoms. The first-order valence-corrected chi connectivity index (χ1v) is 11.1. The van der Waals surface area contributed by atoms with Crippen LogP contribution in [0.4, 0.5) is 0 Å². The smallest absolute Gasteiger partial charge is 0.154 e. The molecule has 0 atom stereocenters. The zero-order valence-electron chi connectivity index (χ0n) is 18.5. The number of benzene rings is 3. The lowest BCUT2D eigenvalue weighted by atomic mass is 9.91. The molecule has 0 bridgehead atoms. The summed E-state index contributed by atoms with van der Waals surface area (Å²) < 4.78 is 6.52. The van der Waals surface area contributed by atoms with E-state index >= 15 is 0 Å². The predicted octanol–water partition coefficient (Wildman–Crippen LogP) is 7.87. The molecule has 2 heterocycles. The fourth-order valence-electron chi connectivity index (χ4n) is 4.79. The van der Waals surface area contributed by atoms with Gasteiger partial charge in [0.1, 0.15) is 11.4 Å². The first-order valence-electron chi connectivity index (χ1n) is 11.1. The third kappa shape index (κ3) is 3.25. The van der Waals surface area contributed by atoms with E-state index in [4.69, 9.17) is 9.72 Å². The number of ether oxygens (including phenoxy) is 1. The zero-order chi connectivity index (χ0) is 21.0. The largest absolute Gasteiger partial charge is 0.454 e. The maximum atomic E-state index is 6.52. The first kappa shape index (κ1) is 19.1. The molecule has 2 heteroatoms. The van der Waals surface area contributed by atoms with Crippen LogP contribution in [-0.2, 0) is 12.8 Å². The lowest BCUT2D eigenvalue weighted by Gasteiger charge is -2.23. The molecule has 0 spiro atoms. The number of rotatable bonds is 4. The summed E-state index contributed by atoms with van der Waals surface area (Å²) in [5, 5.41) is 3.64. The second-order valence-corrected chi connectivity index (χ2v) is 9.62. The number of nitrogens with zero attached hydrogens (tertiary/aromatic N) is 1. The van der Waals surface area contributed by atoms with Crippen LogP contribution in [0.2, 0.25) is 0 Å². The maximum Gasteiger partial charge on any atom is 0.154 e. The minimum absolute atomic E-state index is 0.600. The van der Waals surface area contributed by atoms with E-state index in [1.54, 1.807) is 0 Å². The van der Waals surface area contributed by atoms with Crippen LogP contribution < -0.4 is 4.74 Å². The highest BCUT2D eigenvalue weighted by Gasteiger charge is 2.24. The number of hydrogen-bond acceptors (Lipinski definition) is 2. The minimum Gasteiger partial charge on any atom is -0.454 e. The van der Waals surface area contributed by atoms with Gasteiger partial charge in [0.15, 0.2) is 5.75 Å². The van der Waals surface area contributed by atoms with Crippen molar-refractivity contribution in [1.82, 2.24) is 4.98 Å². The summed E-state index contributed by atoms with van der Waals surface area (Å²) in [5.74, 6) is 3.05. The molecule has 0 N–H and O–H groups in total. The lowest BCUT2D eigenvalue weighted by Crippen LogP contribution is -2.03. The van der Waals surface area contributed by atoms with Crippen LogP contribution in [0, 0.1) is 18.8 Å². The van der Waals surface area contributed by atoms with E-state index in [2.05, 4.69) is 83.1 Å². The summed E-state index contributed by atoms with van der Waals surface area (Å²) in [6.07, 6.45) is 2.10. The number of aromatic nitrogens is 1. The van der Waals surface area contributed by atoms with Gasteiger partial charge in [-0.25, -0.2) is 4.98 Å². The fourth-order valence-corrected chi connectivity index (χ4v) is 4.79. The Morgan fingerprint density at radius 1 is 0.867 bits per heavy atom. The molecule has 1 aromatic heterocycles. The van der Waals surface area contributed by atoms with Crippen molar-refractivity contribution in [1.29, 1.82) is 0 Å². The number of pyridine rings is 1. The van der Waals surface area contributed by atoms with Crippen LogP contribution in [0.3, 0.4) is 0 Å². The number of aryl methyl sites for hydroxylation is 1. The Hall–Kier alpha value is -2.87. The van der Waals surface area contributed by atoms with Gasteiger partial charge in [0.2, 0.25) is 0 Å². The maximum absolute atomic E-state index is 6.52. The third-order valence-electron chi connectivity index (χ3n) is 5.88. The van der Waals surface area contributed by atoms with Crippen molar-refractivity contribution in [2.75, 3.05) is 0 Å². The van der Waals surface area contributed by atoms with Crippen LogP contribution in [0.5, 0.6) is 11.5 Å². The van der Waals surface area contributed by atoms with Crippen LogP contribution in [0.15, 0.2) is 48.5 Å². The van der Waals surface area contributed by atoms with E-state index in [0.29, 0.717) is 11.8 Å². The summed E-state index contributed by atoms with van der Waals surface area (Å²) in [6, 6.07) is 17.8. The van der Waals surface area contributed by atoms with E-state index in [-0.39, 0.29) is 0 Å². The van der Waals surface area contributed by atoms with E-state index in [1.165, 1.54) is 38.4 Å². The number of fused-ring (bicyclic) bond motifs is 3. The van der Waals surface area contributed by atoms with Crippen LogP contribution >= 0.6 is 0 Å². The summed E-state index contributed by atoms with van der Waals surface area (Å²) >= 11 is 0. The number of hydrogen-bond donors (Lipinski definition) is 0. The minimum atomic E-state index is 0.600. The molecule has 3 aromatic carbocycles.